The van der Waals surface area contributed by atoms with E-state index in [-0.39, 0.29) is 10.6 Å². The zero-order valence-electron chi connectivity index (χ0n) is 14.4. The minimum Gasteiger partial charge on any atom is -0.400 e. The van der Waals surface area contributed by atoms with E-state index < -0.39 is 8.32 Å². The summed E-state index contributed by atoms with van der Waals surface area (Å²) in [5, 5.41) is 0.219. The van der Waals surface area contributed by atoms with Gasteiger partial charge in [-0.1, -0.05) is 64.7 Å². The van der Waals surface area contributed by atoms with E-state index >= 15 is 0 Å². The molecule has 0 aliphatic heterocycles. The molecule has 1 aliphatic rings. The van der Waals surface area contributed by atoms with Gasteiger partial charge >= 0.3 is 0 Å². The van der Waals surface area contributed by atoms with Crippen LogP contribution in [-0.2, 0) is 4.43 Å². The first kappa shape index (κ1) is 16.3. The highest BCUT2D eigenvalue weighted by atomic mass is 28.4. The minimum absolute atomic E-state index is 0.219. The third-order valence-electron chi connectivity index (χ3n) is 5.40. The number of hydrogen-bond donors (Lipinski definition) is 0. The Morgan fingerprint density at radius 2 is 1.57 bits per heavy atom. The van der Waals surface area contributed by atoms with Crippen LogP contribution in [0.3, 0.4) is 0 Å². The standard InChI is InChI=1S/C19H28OSi/c1-15-16(2)19(15,20-21(6,7)18(3,4)5)14-13-17-11-9-8-10-12-17/h8-12,15-16H,1-7H3/t15-,16-/m0/s1. The quantitative estimate of drug-likeness (QED) is 0.546. The molecule has 2 rings (SSSR count). The Balaban J connectivity index is 2.27. The predicted molar refractivity (Wildman–Crippen MR) is 92.7 cm³/mol. The van der Waals surface area contributed by atoms with Crippen LogP contribution in [0.25, 0.3) is 0 Å². The average Bonchev–Trinajstić information content (AvgIpc) is 2.89. The van der Waals surface area contributed by atoms with Crippen LogP contribution >= 0.6 is 0 Å². The maximum Gasteiger partial charge on any atom is 0.194 e. The zero-order chi connectivity index (χ0) is 15.9. The molecule has 0 unspecified atom stereocenters. The summed E-state index contributed by atoms with van der Waals surface area (Å²) < 4.78 is 6.71. The molecule has 0 heterocycles. The molecular formula is C19H28OSi. The van der Waals surface area contributed by atoms with Crippen LogP contribution in [0.5, 0.6) is 0 Å². The lowest BCUT2D eigenvalue weighted by molar-refractivity contribution is 0.189. The molecule has 2 heteroatoms. The van der Waals surface area contributed by atoms with Gasteiger partial charge in [-0.05, 0) is 30.3 Å². The Morgan fingerprint density at radius 3 is 2.00 bits per heavy atom. The summed E-state index contributed by atoms with van der Waals surface area (Å²) in [4.78, 5) is 0. The summed E-state index contributed by atoms with van der Waals surface area (Å²) in [5.74, 6) is 7.84. The summed E-state index contributed by atoms with van der Waals surface area (Å²) in [6.07, 6.45) is 0. The fraction of sp³-hybridized carbons (Fsp3) is 0.579. The zero-order valence-corrected chi connectivity index (χ0v) is 15.4. The second-order valence-corrected chi connectivity index (χ2v) is 12.6. The van der Waals surface area contributed by atoms with Crippen molar-refractivity contribution in [3.63, 3.8) is 0 Å². The highest BCUT2D eigenvalue weighted by Gasteiger charge is 2.63. The monoisotopic (exact) mass is 300 g/mol. The molecule has 0 spiro atoms. The SMILES string of the molecule is C[C@H]1[C@H](C)C1(C#Cc1ccccc1)O[Si](C)(C)C(C)(C)C. The molecule has 0 saturated heterocycles. The summed E-state index contributed by atoms with van der Waals surface area (Å²) in [7, 11) is -1.80. The van der Waals surface area contributed by atoms with E-state index in [9.17, 15) is 0 Å². The molecule has 0 aromatic heterocycles. The lowest BCUT2D eigenvalue weighted by atomic mass is 10.2. The van der Waals surface area contributed by atoms with Crippen LogP contribution in [0.2, 0.25) is 18.1 Å². The van der Waals surface area contributed by atoms with E-state index in [1.807, 2.05) is 18.2 Å². The first-order valence-electron chi connectivity index (χ1n) is 7.88. The van der Waals surface area contributed by atoms with Crippen LogP contribution in [0.1, 0.15) is 40.2 Å². The normalized spacial score (nSPS) is 28.7. The molecule has 0 amide bonds. The van der Waals surface area contributed by atoms with Crippen LogP contribution in [-0.4, -0.2) is 13.9 Å². The van der Waals surface area contributed by atoms with Crippen molar-refractivity contribution in [1.82, 2.24) is 0 Å². The largest absolute Gasteiger partial charge is 0.400 e. The molecule has 0 bridgehead atoms. The Kier molecular flexibility index (Phi) is 4.12. The number of benzene rings is 1. The van der Waals surface area contributed by atoms with E-state index in [2.05, 4.69) is 71.7 Å². The molecule has 21 heavy (non-hydrogen) atoms. The number of rotatable bonds is 2. The lowest BCUT2D eigenvalue weighted by Crippen LogP contribution is -2.45. The average molecular weight is 301 g/mol. The summed E-state index contributed by atoms with van der Waals surface area (Å²) in [6.45, 7) is 16.0. The molecule has 114 valence electrons. The Bertz CT molecular complexity index is 549. The van der Waals surface area contributed by atoms with Gasteiger partial charge in [0.25, 0.3) is 0 Å². The van der Waals surface area contributed by atoms with E-state index in [1.54, 1.807) is 0 Å². The van der Waals surface area contributed by atoms with E-state index in [1.165, 1.54) is 0 Å². The first-order chi connectivity index (χ1) is 9.60. The van der Waals surface area contributed by atoms with Gasteiger partial charge in [0.15, 0.2) is 8.32 Å². The van der Waals surface area contributed by atoms with Crippen LogP contribution in [0.4, 0.5) is 0 Å². The highest BCUT2D eigenvalue weighted by Crippen LogP contribution is 2.56. The van der Waals surface area contributed by atoms with Gasteiger partial charge in [-0.15, -0.1) is 0 Å². The summed E-state index contributed by atoms with van der Waals surface area (Å²) in [6, 6.07) is 10.2. The fourth-order valence-electron chi connectivity index (χ4n) is 2.44. The van der Waals surface area contributed by atoms with Gasteiger partial charge in [-0.25, -0.2) is 0 Å². The molecule has 1 fully saturated rings. The van der Waals surface area contributed by atoms with Gasteiger partial charge in [0.05, 0.1) is 0 Å². The third-order valence-corrected chi connectivity index (χ3v) is 9.86. The van der Waals surface area contributed by atoms with Crippen molar-refractivity contribution >= 4 is 8.32 Å². The van der Waals surface area contributed by atoms with E-state index in [0.29, 0.717) is 11.8 Å². The molecule has 1 saturated carbocycles. The van der Waals surface area contributed by atoms with Crippen LogP contribution in [0, 0.1) is 23.7 Å². The topological polar surface area (TPSA) is 9.23 Å². The van der Waals surface area contributed by atoms with Gasteiger partial charge in [0.2, 0.25) is 0 Å². The van der Waals surface area contributed by atoms with Gasteiger partial charge in [0, 0.05) is 17.4 Å². The van der Waals surface area contributed by atoms with E-state index in [0.717, 1.165) is 5.56 Å². The van der Waals surface area contributed by atoms with Gasteiger partial charge < -0.3 is 4.43 Å². The molecular weight excluding hydrogens is 272 g/mol. The lowest BCUT2D eigenvalue weighted by Gasteiger charge is -2.39. The Morgan fingerprint density at radius 1 is 1.05 bits per heavy atom. The van der Waals surface area contributed by atoms with Crippen molar-refractivity contribution in [3.05, 3.63) is 35.9 Å². The van der Waals surface area contributed by atoms with Gasteiger partial charge in [0.1, 0.15) is 5.60 Å². The van der Waals surface area contributed by atoms with Crippen molar-refractivity contribution in [3.8, 4) is 11.8 Å². The number of hydrogen-bond acceptors (Lipinski definition) is 1. The van der Waals surface area contributed by atoms with Crippen molar-refractivity contribution in [2.75, 3.05) is 0 Å². The molecule has 1 aliphatic carbocycles. The van der Waals surface area contributed by atoms with Crippen molar-refractivity contribution < 1.29 is 4.43 Å². The van der Waals surface area contributed by atoms with Crippen molar-refractivity contribution in [1.29, 1.82) is 0 Å². The second-order valence-electron chi connectivity index (χ2n) is 7.85. The smallest absolute Gasteiger partial charge is 0.194 e. The summed E-state index contributed by atoms with van der Waals surface area (Å²) in [5.41, 5.74) is 0.834. The van der Waals surface area contributed by atoms with Crippen LogP contribution in [0.15, 0.2) is 30.3 Å². The molecule has 1 aromatic carbocycles. The highest BCUT2D eigenvalue weighted by molar-refractivity contribution is 6.74. The van der Waals surface area contributed by atoms with E-state index in [4.69, 9.17) is 4.43 Å². The van der Waals surface area contributed by atoms with Crippen LogP contribution < -0.4 is 0 Å². The fourth-order valence-corrected chi connectivity index (χ4v) is 4.02. The van der Waals surface area contributed by atoms with Crippen molar-refractivity contribution in [2.45, 2.75) is 58.4 Å². The minimum atomic E-state index is -1.80. The molecule has 1 aromatic rings. The summed E-state index contributed by atoms with van der Waals surface area (Å²) >= 11 is 0. The molecule has 0 radical (unpaired) electrons. The van der Waals surface area contributed by atoms with Crippen molar-refractivity contribution in [2.24, 2.45) is 11.8 Å². The molecule has 2 atom stereocenters. The Hall–Kier alpha value is -1.04. The second kappa shape index (κ2) is 5.30. The maximum atomic E-state index is 6.71. The first-order valence-corrected chi connectivity index (χ1v) is 10.8. The molecule has 1 nitrogen and oxygen atoms in total. The Labute approximate surface area is 131 Å². The van der Waals surface area contributed by atoms with Gasteiger partial charge in [-0.2, -0.15) is 0 Å². The predicted octanol–water partition coefficient (Wildman–Crippen LogP) is 5.08. The van der Waals surface area contributed by atoms with Gasteiger partial charge in [-0.3, -0.25) is 0 Å². The maximum absolute atomic E-state index is 6.71. The molecule has 0 N–H and O–H groups in total. The third kappa shape index (κ3) is 3.10.